The number of carbonyl (C=O) groups is 1. The van der Waals surface area contributed by atoms with E-state index >= 15 is 0 Å². The first-order chi connectivity index (χ1) is 21.4. The molecule has 0 bridgehead atoms. The molecule has 0 saturated heterocycles. The first-order valence-corrected chi connectivity index (χ1v) is 14.7. The van der Waals surface area contributed by atoms with Crippen molar-refractivity contribution in [2.45, 2.75) is 46.8 Å². The van der Waals surface area contributed by atoms with Crippen molar-refractivity contribution in [1.29, 1.82) is 0 Å². The summed E-state index contributed by atoms with van der Waals surface area (Å²) in [5.74, 6) is 0.657. The third-order valence-corrected chi connectivity index (χ3v) is 7.63. The number of rotatable bonds is 8. The predicted molar refractivity (Wildman–Crippen MR) is 174 cm³/mol. The highest BCUT2D eigenvalue weighted by Crippen LogP contribution is 2.41. The summed E-state index contributed by atoms with van der Waals surface area (Å²) in [5, 5.41) is 19.1. The summed E-state index contributed by atoms with van der Waals surface area (Å²) < 4.78 is 9.87. The normalized spacial score (nSPS) is 11.8. The molecular formula is C34H35N7O4. The van der Waals surface area contributed by atoms with Gasteiger partial charge in [-0.2, -0.15) is 5.10 Å². The van der Waals surface area contributed by atoms with Crippen LogP contribution in [0.3, 0.4) is 0 Å². The monoisotopic (exact) mass is 605 g/mol. The highest BCUT2D eigenvalue weighted by molar-refractivity contribution is 6.04. The Morgan fingerprint density at radius 1 is 1.09 bits per heavy atom. The number of para-hydroxylation sites is 1. The van der Waals surface area contributed by atoms with Gasteiger partial charge in [0, 0.05) is 54.3 Å². The first-order valence-electron chi connectivity index (χ1n) is 14.7. The molecule has 0 aliphatic heterocycles. The zero-order valence-corrected chi connectivity index (χ0v) is 26.1. The highest BCUT2D eigenvalue weighted by Gasteiger charge is 2.25. The summed E-state index contributed by atoms with van der Waals surface area (Å²) in [5.41, 5.74) is 4.96. The molecule has 45 heavy (non-hydrogen) atoms. The van der Waals surface area contributed by atoms with E-state index in [2.05, 4.69) is 15.3 Å². The van der Waals surface area contributed by atoms with Crippen LogP contribution in [-0.4, -0.2) is 52.5 Å². The van der Waals surface area contributed by atoms with Gasteiger partial charge in [0.15, 0.2) is 0 Å². The Bertz CT molecular complexity index is 2120. The van der Waals surface area contributed by atoms with Gasteiger partial charge in [-0.05, 0) is 70.0 Å². The van der Waals surface area contributed by atoms with Gasteiger partial charge in [-0.1, -0.05) is 18.2 Å². The maximum Gasteiger partial charge on any atom is 0.274 e. The molecule has 0 aliphatic rings. The fourth-order valence-corrected chi connectivity index (χ4v) is 5.52. The van der Waals surface area contributed by atoms with Gasteiger partial charge in [0.2, 0.25) is 5.88 Å². The molecule has 0 unspecified atom stereocenters. The van der Waals surface area contributed by atoms with Crippen LogP contribution in [0.2, 0.25) is 0 Å². The van der Waals surface area contributed by atoms with E-state index in [4.69, 9.17) is 14.8 Å². The summed E-state index contributed by atoms with van der Waals surface area (Å²) in [6.07, 6.45) is 5.11. The van der Waals surface area contributed by atoms with Gasteiger partial charge in [-0.3, -0.25) is 19.3 Å². The number of nitrogens with one attached hydrogen (secondary N) is 2. The van der Waals surface area contributed by atoms with E-state index in [0.29, 0.717) is 51.4 Å². The molecule has 0 atom stereocenters. The van der Waals surface area contributed by atoms with E-state index in [-0.39, 0.29) is 29.2 Å². The molecule has 0 saturated carbocycles. The summed E-state index contributed by atoms with van der Waals surface area (Å²) >= 11 is 0. The van der Waals surface area contributed by atoms with Crippen LogP contribution < -0.4 is 15.6 Å². The maximum atomic E-state index is 13.3. The van der Waals surface area contributed by atoms with Crippen molar-refractivity contribution in [3.8, 4) is 34.0 Å². The Morgan fingerprint density at radius 3 is 2.47 bits per heavy atom. The lowest BCUT2D eigenvalue weighted by Crippen LogP contribution is -2.26. The molecule has 0 spiro atoms. The van der Waals surface area contributed by atoms with Gasteiger partial charge in [0.05, 0.1) is 17.7 Å². The van der Waals surface area contributed by atoms with Crippen LogP contribution in [0.25, 0.3) is 44.3 Å². The minimum atomic E-state index is -1.08. The number of nitrogens with zero attached hydrogens (tertiary/aromatic N) is 5. The number of amides is 1. The van der Waals surface area contributed by atoms with Crippen molar-refractivity contribution in [2.75, 3.05) is 6.54 Å². The van der Waals surface area contributed by atoms with Crippen LogP contribution >= 0.6 is 0 Å². The predicted octanol–water partition coefficient (Wildman–Crippen LogP) is 5.27. The molecule has 5 heterocycles. The third-order valence-electron chi connectivity index (χ3n) is 7.63. The zero-order valence-electron chi connectivity index (χ0n) is 26.1. The zero-order chi connectivity index (χ0) is 32.0. The molecule has 11 nitrogen and oxygen atoms in total. The van der Waals surface area contributed by atoms with Gasteiger partial charge >= 0.3 is 0 Å². The Hall–Kier alpha value is -5.29. The Labute approximate surface area is 259 Å². The van der Waals surface area contributed by atoms with Crippen molar-refractivity contribution in [3.63, 3.8) is 0 Å². The fourth-order valence-electron chi connectivity index (χ4n) is 5.52. The van der Waals surface area contributed by atoms with Crippen molar-refractivity contribution >= 4 is 27.8 Å². The maximum absolute atomic E-state index is 13.3. The highest BCUT2D eigenvalue weighted by atomic mass is 16.5. The van der Waals surface area contributed by atoms with E-state index in [1.165, 1.54) is 4.57 Å². The number of benzene rings is 1. The van der Waals surface area contributed by atoms with Gasteiger partial charge in [-0.25, -0.2) is 4.98 Å². The lowest BCUT2D eigenvalue weighted by Gasteiger charge is -2.18. The van der Waals surface area contributed by atoms with Crippen molar-refractivity contribution in [1.82, 2.24) is 34.6 Å². The largest absolute Gasteiger partial charge is 0.438 e. The smallest absolute Gasteiger partial charge is 0.274 e. The third kappa shape index (κ3) is 5.58. The molecule has 11 heteroatoms. The summed E-state index contributed by atoms with van der Waals surface area (Å²) in [6, 6.07) is 13.2. The number of hydrogen-bond donors (Lipinski definition) is 3. The number of aromatic nitrogens is 6. The van der Waals surface area contributed by atoms with Crippen molar-refractivity contribution < 1.29 is 14.6 Å². The Kier molecular flexibility index (Phi) is 7.49. The van der Waals surface area contributed by atoms with Crippen LogP contribution in [0.4, 0.5) is 0 Å². The van der Waals surface area contributed by atoms with Crippen LogP contribution in [0.15, 0.2) is 65.8 Å². The van der Waals surface area contributed by atoms with Gasteiger partial charge in [0.1, 0.15) is 28.2 Å². The van der Waals surface area contributed by atoms with E-state index < -0.39 is 5.60 Å². The molecule has 3 N–H and O–H groups in total. The lowest BCUT2D eigenvalue weighted by atomic mass is 10.0. The molecule has 5 aromatic heterocycles. The second-order valence-electron chi connectivity index (χ2n) is 11.9. The molecule has 0 radical (unpaired) electrons. The first kappa shape index (κ1) is 29.8. The quantitative estimate of drug-likeness (QED) is 0.215. The van der Waals surface area contributed by atoms with Crippen LogP contribution in [-0.2, 0) is 13.6 Å². The molecule has 6 rings (SSSR count). The lowest BCUT2D eigenvalue weighted by molar-refractivity contribution is 0.0592. The number of aliphatic hydroxyl groups is 1. The van der Waals surface area contributed by atoms with E-state index in [1.807, 2.05) is 57.2 Å². The van der Waals surface area contributed by atoms with Crippen molar-refractivity contribution in [3.05, 3.63) is 88.2 Å². The van der Waals surface area contributed by atoms with Gasteiger partial charge in [0.25, 0.3) is 11.5 Å². The second kappa shape index (κ2) is 11.3. The van der Waals surface area contributed by atoms with Crippen molar-refractivity contribution in [2.24, 2.45) is 7.05 Å². The molecule has 0 aliphatic carbocycles. The number of carbonyl (C=O) groups excluding carboxylic acids is 1. The number of fused-ring (bicyclic) bond motifs is 2. The summed E-state index contributed by atoms with van der Waals surface area (Å²) in [4.78, 5) is 38.3. The number of hydrogen-bond acceptors (Lipinski definition) is 7. The average molecular weight is 606 g/mol. The SMILES string of the molecule is CCNC(=O)c1cc2c(-c3cc4c(nc3Oc3c(C)cccc3C)c(-c3ccncc3)nn4CC(C)(C)O)cn(C)c(=O)c2[nH]1. The Balaban J connectivity index is 1.70. The topological polar surface area (TPSA) is 140 Å². The minimum absolute atomic E-state index is 0.195. The molecule has 6 aromatic rings. The van der Waals surface area contributed by atoms with Gasteiger partial charge < -0.3 is 24.7 Å². The Morgan fingerprint density at radius 2 is 1.80 bits per heavy atom. The second-order valence-corrected chi connectivity index (χ2v) is 11.9. The molecule has 0 fully saturated rings. The van der Waals surface area contributed by atoms with E-state index in [1.54, 1.807) is 50.2 Å². The van der Waals surface area contributed by atoms with Gasteiger partial charge in [-0.15, -0.1) is 0 Å². The number of aryl methyl sites for hydroxylation is 3. The summed E-state index contributed by atoms with van der Waals surface area (Å²) in [6.45, 7) is 9.86. The van der Waals surface area contributed by atoms with E-state index in [0.717, 1.165) is 16.7 Å². The molecule has 230 valence electrons. The summed E-state index contributed by atoms with van der Waals surface area (Å²) in [7, 11) is 1.66. The van der Waals surface area contributed by atoms with E-state index in [9.17, 15) is 14.7 Å². The molecule has 1 aromatic carbocycles. The molecular weight excluding hydrogens is 570 g/mol. The number of ether oxygens (including phenoxy) is 1. The average Bonchev–Trinajstić information content (AvgIpc) is 3.59. The number of aromatic amines is 1. The van der Waals surface area contributed by atoms with Crippen LogP contribution in [0, 0.1) is 13.8 Å². The van der Waals surface area contributed by atoms with Crippen LogP contribution in [0.5, 0.6) is 11.6 Å². The fraction of sp³-hybridized carbons (Fsp3) is 0.265. The molecule has 1 amide bonds. The standard InChI is InChI=1S/C34H35N7O4/c1-7-36-31(42)25-15-22-24(17-40(6)33(43)28(22)37-25)23-16-26-29(38-32(23)45-30-19(2)9-8-10-20(30)3)27(21-11-13-35-14-12-21)39-41(26)18-34(4,5)44/h8-17,37,44H,7,18H2,1-6H3,(H,36,42). The van der Waals surface area contributed by atoms with Crippen LogP contribution in [0.1, 0.15) is 42.4 Å². The number of H-pyrrole nitrogens is 1. The number of pyridine rings is 3. The minimum Gasteiger partial charge on any atom is -0.438 e.